The maximum Gasteiger partial charge on any atom is 0.320 e. The van der Waals surface area contributed by atoms with Gasteiger partial charge in [-0.2, -0.15) is 0 Å². The molecule has 7 nitrogen and oxygen atoms in total. The van der Waals surface area contributed by atoms with E-state index >= 15 is 0 Å². The van der Waals surface area contributed by atoms with Crippen molar-refractivity contribution in [1.82, 2.24) is 9.80 Å². The lowest BCUT2D eigenvalue weighted by Gasteiger charge is -2.33. The Morgan fingerprint density at radius 1 is 0.886 bits per heavy atom. The Morgan fingerprint density at radius 3 is 2.41 bits per heavy atom. The first-order valence-corrected chi connectivity index (χ1v) is 16.2. The first-order valence-electron chi connectivity index (χ1n) is 15.8. The molecular formula is C36H45ClN2O5. The fourth-order valence-electron chi connectivity index (χ4n) is 6.50. The van der Waals surface area contributed by atoms with E-state index in [0.717, 1.165) is 96.6 Å². The van der Waals surface area contributed by atoms with Crippen molar-refractivity contribution in [2.45, 2.75) is 78.2 Å². The maximum absolute atomic E-state index is 11.8. The second-order valence-corrected chi connectivity index (χ2v) is 12.6. The Morgan fingerprint density at radius 2 is 1.66 bits per heavy atom. The molecule has 2 unspecified atom stereocenters. The van der Waals surface area contributed by atoms with E-state index in [4.69, 9.17) is 21.1 Å². The highest BCUT2D eigenvalue weighted by atomic mass is 35.5. The van der Waals surface area contributed by atoms with Crippen LogP contribution in [0.4, 0.5) is 0 Å². The van der Waals surface area contributed by atoms with Crippen LogP contribution in [0.3, 0.4) is 0 Å². The fraction of sp³-hybridized carbons (Fsp3) is 0.472. The van der Waals surface area contributed by atoms with Gasteiger partial charge in [0.2, 0.25) is 0 Å². The molecule has 0 amide bonds. The highest BCUT2D eigenvalue weighted by molar-refractivity contribution is 6.32. The van der Waals surface area contributed by atoms with E-state index in [9.17, 15) is 15.0 Å². The molecule has 5 rings (SSSR count). The SMILES string of the molecule is Cc1c(COc2ccc(CN3CCCCC3C(=O)O)c(C)c2Cl)cccc1-c1cccc(OCCCN2CCC(O)C2)c1C. The molecule has 0 aromatic heterocycles. The molecule has 2 aliphatic heterocycles. The highest BCUT2D eigenvalue weighted by Crippen LogP contribution is 2.35. The number of ether oxygens (including phenoxy) is 2. The van der Waals surface area contributed by atoms with E-state index in [-0.39, 0.29) is 6.10 Å². The van der Waals surface area contributed by atoms with Crippen LogP contribution in [0.25, 0.3) is 11.1 Å². The van der Waals surface area contributed by atoms with Gasteiger partial charge in [-0.3, -0.25) is 9.69 Å². The number of halogens is 1. The zero-order valence-corrected chi connectivity index (χ0v) is 26.9. The average molecular weight is 621 g/mol. The van der Waals surface area contributed by atoms with Crippen molar-refractivity contribution in [2.75, 3.05) is 32.8 Å². The fourth-order valence-corrected chi connectivity index (χ4v) is 6.74. The zero-order valence-electron chi connectivity index (χ0n) is 26.2. The molecule has 2 heterocycles. The molecule has 236 valence electrons. The minimum Gasteiger partial charge on any atom is -0.493 e. The van der Waals surface area contributed by atoms with Gasteiger partial charge in [-0.1, -0.05) is 54.4 Å². The van der Waals surface area contributed by atoms with E-state index in [0.29, 0.717) is 37.0 Å². The van der Waals surface area contributed by atoms with Gasteiger partial charge in [0.25, 0.3) is 0 Å². The van der Waals surface area contributed by atoms with Crippen LogP contribution in [0, 0.1) is 20.8 Å². The Labute approximate surface area is 266 Å². The monoisotopic (exact) mass is 620 g/mol. The molecule has 2 fully saturated rings. The van der Waals surface area contributed by atoms with Crippen molar-refractivity contribution >= 4 is 17.6 Å². The van der Waals surface area contributed by atoms with Gasteiger partial charge in [-0.15, -0.1) is 0 Å². The van der Waals surface area contributed by atoms with Gasteiger partial charge in [0.05, 0.1) is 17.7 Å². The van der Waals surface area contributed by atoms with Crippen LogP contribution in [0.15, 0.2) is 48.5 Å². The largest absolute Gasteiger partial charge is 0.493 e. The van der Waals surface area contributed by atoms with Crippen molar-refractivity contribution in [3.8, 4) is 22.6 Å². The van der Waals surface area contributed by atoms with Gasteiger partial charge >= 0.3 is 5.97 Å². The number of carbonyl (C=O) groups is 1. The predicted octanol–water partition coefficient (Wildman–Crippen LogP) is 6.79. The molecule has 0 bridgehead atoms. The van der Waals surface area contributed by atoms with E-state index in [1.165, 1.54) is 0 Å². The average Bonchev–Trinajstić information content (AvgIpc) is 3.43. The van der Waals surface area contributed by atoms with Crippen molar-refractivity contribution in [3.05, 3.63) is 81.4 Å². The van der Waals surface area contributed by atoms with Crippen LogP contribution in [0.5, 0.6) is 11.5 Å². The predicted molar refractivity (Wildman–Crippen MR) is 175 cm³/mol. The van der Waals surface area contributed by atoms with Crippen molar-refractivity contribution in [3.63, 3.8) is 0 Å². The number of aliphatic carboxylic acids is 1. The third-order valence-electron chi connectivity index (χ3n) is 9.26. The summed E-state index contributed by atoms with van der Waals surface area (Å²) in [7, 11) is 0. The number of β-amino-alcohol motifs (C(OH)–C–C–N with tert-alkyl or cyclic N) is 1. The van der Waals surface area contributed by atoms with Crippen LogP contribution in [-0.4, -0.2) is 70.9 Å². The standard InChI is InChI=1S/C36H45ClN2O5/c1-24-28(23-44-34-15-14-27(25(2)35(34)37)21-39-18-5-4-12-32(39)36(41)42)9-6-10-30(24)31-11-7-13-33(26(31)3)43-20-8-17-38-19-16-29(40)22-38/h6-7,9-11,13-15,29,32,40H,4-5,8,12,16-23H2,1-3H3,(H,41,42). The molecule has 0 saturated carbocycles. The summed E-state index contributed by atoms with van der Waals surface area (Å²) >= 11 is 6.79. The summed E-state index contributed by atoms with van der Waals surface area (Å²) in [5.41, 5.74) is 7.58. The molecule has 2 atom stereocenters. The number of carboxylic acid groups (broad SMARTS) is 1. The zero-order chi connectivity index (χ0) is 31.2. The third kappa shape index (κ3) is 7.57. The van der Waals surface area contributed by atoms with Gasteiger partial charge < -0.3 is 24.6 Å². The number of rotatable bonds is 12. The number of hydrogen-bond acceptors (Lipinski definition) is 6. The molecule has 0 aliphatic carbocycles. The first-order chi connectivity index (χ1) is 21.2. The van der Waals surface area contributed by atoms with Gasteiger partial charge in [-0.05, 0) is 104 Å². The van der Waals surface area contributed by atoms with E-state index in [1.807, 2.05) is 36.1 Å². The molecule has 0 spiro atoms. The van der Waals surface area contributed by atoms with Crippen molar-refractivity contribution in [2.24, 2.45) is 0 Å². The molecule has 3 aromatic carbocycles. The quantitative estimate of drug-likeness (QED) is 0.216. The molecule has 2 N–H and O–H groups in total. The number of aliphatic hydroxyl groups is 1. The van der Waals surface area contributed by atoms with Gasteiger partial charge in [0, 0.05) is 26.2 Å². The topological polar surface area (TPSA) is 82.5 Å². The number of aliphatic hydroxyl groups excluding tert-OH is 1. The van der Waals surface area contributed by atoms with Gasteiger partial charge in [-0.25, -0.2) is 0 Å². The van der Waals surface area contributed by atoms with Crippen LogP contribution in [0.1, 0.15) is 59.9 Å². The minimum atomic E-state index is -0.754. The van der Waals surface area contributed by atoms with E-state index in [1.54, 1.807) is 0 Å². The summed E-state index contributed by atoms with van der Waals surface area (Å²) < 4.78 is 12.5. The number of carboxylic acids is 1. The smallest absolute Gasteiger partial charge is 0.320 e. The first kappa shape index (κ1) is 32.3. The third-order valence-corrected chi connectivity index (χ3v) is 9.73. The molecule has 2 saturated heterocycles. The lowest BCUT2D eigenvalue weighted by molar-refractivity contribution is -0.144. The molecule has 2 aliphatic rings. The Hall–Kier alpha value is -3.10. The number of likely N-dealkylation sites (tertiary alicyclic amines) is 2. The van der Waals surface area contributed by atoms with Crippen molar-refractivity contribution < 1.29 is 24.5 Å². The maximum atomic E-state index is 11.8. The Balaban J connectivity index is 1.23. The Kier molecular flexibility index (Phi) is 10.9. The second kappa shape index (κ2) is 14.8. The van der Waals surface area contributed by atoms with E-state index < -0.39 is 12.0 Å². The summed E-state index contributed by atoms with van der Waals surface area (Å²) in [6, 6.07) is 16.0. The Bertz CT molecular complexity index is 1460. The summed E-state index contributed by atoms with van der Waals surface area (Å²) in [6.07, 6.45) is 4.24. The van der Waals surface area contributed by atoms with Crippen LogP contribution < -0.4 is 9.47 Å². The molecular weight excluding hydrogens is 576 g/mol. The molecule has 0 radical (unpaired) electrons. The summed E-state index contributed by atoms with van der Waals surface area (Å²) in [4.78, 5) is 16.1. The molecule has 3 aromatic rings. The molecule has 8 heteroatoms. The lowest BCUT2D eigenvalue weighted by Crippen LogP contribution is -2.44. The summed E-state index contributed by atoms with van der Waals surface area (Å²) in [6.45, 7) is 11.2. The number of benzene rings is 3. The number of piperidine rings is 1. The second-order valence-electron chi connectivity index (χ2n) is 12.2. The van der Waals surface area contributed by atoms with Gasteiger partial charge in [0.15, 0.2) is 0 Å². The van der Waals surface area contributed by atoms with E-state index in [2.05, 4.69) is 43.0 Å². The number of nitrogens with zero attached hydrogens (tertiary/aromatic N) is 2. The normalized spacial score (nSPS) is 19.3. The summed E-state index contributed by atoms with van der Waals surface area (Å²) in [5.74, 6) is 0.767. The van der Waals surface area contributed by atoms with Crippen LogP contribution in [0.2, 0.25) is 5.02 Å². The highest BCUT2D eigenvalue weighted by Gasteiger charge is 2.29. The van der Waals surface area contributed by atoms with Crippen molar-refractivity contribution in [1.29, 1.82) is 0 Å². The lowest BCUT2D eigenvalue weighted by atomic mass is 9.93. The molecule has 44 heavy (non-hydrogen) atoms. The minimum absolute atomic E-state index is 0.189. The summed E-state index contributed by atoms with van der Waals surface area (Å²) in [5, 5.41) is 20.0. The number of hydrogen-bond donors (Lipinski definition) is 2. The van der Waals surface area contributed by atoms with Gasteiger partial charge in [0.1, 0.15) is 24.1 Å². The van der Waals surface area contributed by atoms with Crippen LogP contribution in [-0.2, 0) is 17.9 Å². The van der Waals surface area contributed by atoms with Crippen LogP contribution >= 0.6 is 11.6 Å².